The van der Waals surface area contributed by atoms with Crippen LogP contribution in [0.5, 0.6) is 0 Å². The molecule has 3 aromatic carbocycles. The van der Waals surface area contributed by atoms with Gasteiger partial charge in [0.15, 0.2) is 0 Å². The Labute approximate surface area is 321 Å². The molecule has 2 heterocycles. The quantitative estimate of drug-likeness (QED) is 0.0888. The molecule has 252 valence electrons. The maximum atomic E-state index is 9.31. The van der Waals surface area contributed by atoms with Crippen molar-refractivity contribution < 1.29 is 32.4 Å². The Hall–Kier alpha value is -4.24. The number of nitrogens with zero attached hydrogens (tertiary/aromatic N) is 3. The summed E-state index contributed by atoms with van der Waals surface area (Å²) >= 11 is 0. The smallest absolute Gasteiger partial charge is 0.811 e. The molecule has 0 unspecified atom stereocenters. The summed E-state index contributed by atoms with van der Waals surface area (Å²) in [4.78, 5) is 8.60. The second kappa shape index (κ2) is 18.0. The van der Waals surface area contributed by atoms with Crippen LogP contribution >= 0.6 is 0 Å². The molecule has 0 amide bonds. The number of rotatable bonds is 8. The fourth-order valence-corrected chi connectivity index (χ4v) is 4.71. The van der Waals surface area contributed by atoms with Crippen LogP contribution in [0.2, 0.25) is 0 Å². The van der Waals surface area contributed by atoms with E-state index in [1.165, 1.54) is 18.2 Å². The second-order valence-corrected chi connectivity index (χ2v) is 13.4. The van der Waals surface area contributed by atoms with E-state index in [0.717, 1.165) is 22.9 Å². The van der Waals surface area contributed by atoms with Gasteiger partial charge in [0.05, 0.1) is 2.74 Å². The van der Waals surface area contributed by atoms with Gasteiger partial charge in [-0.1, -0.05) is 122 Å². The van der Waals surface area contributed by atoms with E-state index in [-0.39, 0.29) is 49.1 Å². The van der Waals surface area contributed by atoms with Crippen molar-refractivity contribution in [3.8, 4) is 22.4 Å². The van der Waals surface area contributed by atoms with Crippen LogP contribution in [-0.4, -0.2) is 16.2 Å². The second-order valence-electron chi connectivity index (χ2n) is 13.4. The minimum Gasteiger partial charge on any atom is -0.811 e. The van der Waals surface area contributed by atoms with Crippen LogP contribution in [0.3, 0.4) is 0 Å². The fraction of sp³-hybridized carbons (Fsp3) is 0.267. The first-order valence-electron chi connectivity index (χ1n) is 20.3. The normalized spacial score (nSPS) is 15.5. The summed E-state index contributed by atoms with van der Waals surface area (Å²) in [5.41, 5.74) is 4.61. The van der Waals surface area contributed by atoms with Gasteiger partial charge in [0.1, 0.15) is 0 Å². The van der Waals surface area contributed by atoms with E-state index in [4.69, 9.17) is 12.3 Å². The molecule has 0 aliphatic carbocycles. The monoisotopic (exact) mass is 832 g/mol. The summed E-state index contributed by atoms with van der Waals surface area (Å²) in [6, 6.07) is 31.1. The number of allylic oxidation sites excluding steroid dienone is 4. The first kappa shape index (κ1) is 27.6. The van der Waals surface area contributed by atoms with Gasteiger partial charge in [0.2, 0.25) is 0 Å². The summed E-state index contributed by atoms with van der Waals surface area (Å²) in [5.74, 6) is 0. The van der Waals surface area contributed by atoms with Crippen molar-refractivity contribution in [2.24, 2.45) is 10.8 Å². The Balaban J connectivity index is 0.000000305. The third-order valence-electron chi connectivity index (χ3n) is 6.79. The van der Waals surface area contributed by atoms with Crippen molar-refractivity contribution in [2.75, 3.05) is 0 Å². The minimum atomic E-state index is -2.25. The molecule has 49 heavy (non-hydrogen) atoms. The van der Waals surface area contributed by atoms with E-state index < -0.39 is 30.4 Å². The van der Waals surface area contributed by atoms with E-state index in [1.54, 1.807) is 57.3 Å². The molecule has 0 aliphatic rings. The van der Waals surface area contributed by atoms with Crippen LogP contribution in [-0.2, 0) is 32.9 Å². The zero-order chi connectivity index (χ0) is 42.6. The molecule has 0 spiro atoms. The van der Waals surface area contributed by atoms with Crippen molar-refractivity contribution in [2.45, 2.75) is 68.1 Å². The summed E-state index contributed by atoms with van der Waals surface area (Å²) in [6.07, 6.45) is 2.03. The van der Waals surface area contributed by atoms with Crippen molar-refractivity contribution in [3.05, 3.63) is 161 Å². The van der Waals surface area contributed by atoms with E-state index in [2.05, 4.69) is 22.1 Å². The molecule has 5 rings (SSSR count). The average molecular weight is 832 g/mol. The molecule has 2 aromatic heterocycles. The number of hydrogen-bond acceptors (Lipinski definition) is 2. The van der Waals surface area contributed by atoms with Gasteiger partial charge >= 0.3 is 20.1 Å². The molecule has 0 saturated carbocycles. The van der Waals surface area contributed by atoms with Crippen LogP contribution < -0.4 is 0 Å². The van der Waals surface area contributed by atoms with E-state index in [0.29, 0.717) is 28.0 Å². The Morgan fingerprint density at radius 1 is 0.918 bits per heavy atom. The van der Waals surface area contributed by atoms with Crippen molar-refractivity contribution in [1.82, 2.24) is 9.97 Å². The van der Waals surface area contributed by atoms with Crippen LogP contribution in [0.15, 0.2) is 115 Å². The summed E-state index contributed by atoms with van der Waals surface area (Å²) in [7, 11) is 0. The SMILES string of the molecule is [2H]C([2H])([2H])c1c[c-]c(-c2ccc(C([2H])([2H])C(C)(C)C)cn2)cc1-c1ccccc1.[2H]c1cc(C([2H])([2H])C(C)(C)C)nc([2H])c1C(/C=C(\C)c1[c-]cccc1)=C/C=[N-].[Ir+3]. The predicted molar refractivity (Wildman–Crippen MR) is 206 cm³/mol. The molecule has 0 radical (unpaired) electrons. The van der Waals surface area contributed by atoms with Gasteiger partial charge in [-0.25, -0.2) is 0 Å². The first-order valence-corrected chi connectivity index (χ1v) is 15.8. The van der Waals surface area contributed by atoms with Crippen LogP contribution in [0.4, 0.5) is 0 Å². The molecule has 0 N–H and O–H groups in total. The van der Waals surface area contributed by atoms with Crippen molar-refractivity contribution in [3.63, 3.8) is 0 Å². The van der Waals surface area contributed by atoms with Crippen molar-refractivity contribution >= 4 is 17.4 Å². The molecule has 0 aliphatic heterocycles. The zero-order valence-electron chi connectivity index (χ0n) is 38.1. The molecule has 0 saturated heterocycles. The summed E-state index contributed by atoms with van der Waals surface area (Å²) in [6.45, 7) is 10.5. The Kier molecular flexibility index (Phi) is 10.1. The molecule has 4 heteroatoms. The summed E-state index contributed by atoms with van der Waals surface area (Å²) in [5, 5.41) is 9.31. The standard InChI is InChI=1S/C23H24N.C22H24N2.Ir/c1-17-10-12-20(14-21(17)19-8-6-5-7-9-19)22-13-11-18(16-24-22)15-23(2,3)4;1-17(18-8-6-5-7-9-18)14-19(12-13-23)20-10-11-21(24-16-20)15-22(2,3)4;/h5-11,13-14,16H,15H2,1-4H3;5-8,10-14,16H,15H2,1-4H3;/q-1;-2;+3/b;17-14+,19-12+;/i1D3,15D2;10D,15D2,16D;. The number of benzene rings is 3. The van der Waals surface area contributed by atoms with Gasteiger partial charge in [-0.2, -0.15) is 6.21 Å². The molecule has 5 aromatic rings. The molecular formula is C45H48IrN3. The molecule has 0 bridgehead atoms. The third-order valence-corrected chi connectivity index (χ3v) is 6.79. The Morgan fingerprint density at radius 2 is 1.65 bits per heavy atom. The number of hydrogen-bond donors (Lipinski definition) is 0. The summed E-state index contributed by atoms with van der Waals surface area (Å²) < 4.78 is 73.8. The van der Waals surface area contributed by atoms with Crippen LogP contribution in [0, 0.1) is 29.8 Å². The molecule has 0 fully saturated rings. The number of aryl methyl sites for hydroxylation is 1. The maximum Gasteiger partial charge on any atom is 3.00 e. The van der Waals surface area contributed by atoms with Gasteiger partial charge in [0.25, 0.3) is 0 Å². The van der Waals surface area contributed by atoms with E-state index in [1.807, 2.05) is 76.2 Å². The maximum absolute atomic E-state index is 9.31. The van der Waals surface area contributed by atoms with Gasteiger partial charge in [-0.3, -0.25) is 4.98 Å². The fourth-order valence-electron chi connectivity index (χ4n) is 4.71. The van der Waals surface area contributed by atoms with Gasteiger partial charge in [0, 0.05) is 27.7 Å². The molecule has 3 nitrogen and oxygen atoms in total. The predicted octanol–water partition coefficient (Wildman–Crippen LogP) is 11.7. The van der Waals surface area contributed by atoms with Crippen molar-refractivity contribution in [1.29, 1.82) is 0 Å². The van der Waals surface area contributed by atoms with E-state index in [9.17, 15) is 5.41 Å². The molecule has 0 atom stereocenters. The van der Waals surface area contributed by atoms with Gasteiger partial charge < -0.3 is 10.4 Å². The van der Waals surface area contributed by atoms with Crippen LogP contribution in [0.1, 0.15) is 88.8 Å². The number of pyridine rings is 2. The Bertz CT molecular complexity index is 2210. The van der Waals surface area contributed by atoms with Gasteiger partial charge in [-0.15, -0.1) is 70.8 Å². The molecular weight excluding hydrogens is 775 g/mol. The third kappa shape index (κ3) is 12.6. The van der Waals surface area contributed by atoms with Crippen LogP contribution in [0.25, 0.3) is 38.9 Å². The average Bonchev–Trinajstić information content (AvgIpc) is 3.14. The zero-order valence-corrected chi connectivity index (χ0v) is 31.5. The topological polar surface area (TPSA) is 48.1 Å². The Morgan fingerprint density at radius 3 is 2.24 bits per heavy atom. The largest absolute Gasteiger partial charge is 3.00 e. The minimum absolute atomic E-state index is 0. The first-order chi connectivity index (χ1) is 26.4. The van der Waals surface area contributed by atoms with E-state index >= 15 is 0 Å². The van der Waals surface area contributed by atoms with Gasteiger partial charge in [-0.05, 0) is 57.6 Å². The number of aromatic nitrogens is 2.